The van der Waals surface area contributed by atoms with Crippen LogP contribution in [0.4, 0.5) is 0 Å². The van der Waals surface area contributed by atoms with Gasteiger partial charge in [-0.1, -0.05) is 11.6 Å². The molecule has 2 rings (SSSR count). The predicted octanol–water partition coefficient (Wildman–Crippen LogP) is 2.32. The van der Waals surface area contributed by atoms with Crippen molar-refractivity contribution in [3.63, 3.8) is 0 Å². The molecule has 96 valence electrons. The van der Waals surface area contributed by atoms with E-state index in [1.54, 1.807) is 19.4 Å². The number of aromatic nitrogens is 2. The molecule has 1 heterocycles. The summed E-state index contributed by atoms with van der Waals surface area (Å²) in [6, 6.07) is 5.85. The van der Waals surface area contributed by atoms with Crippen LogP contribution >= 0.6 is 0 Å². The van der Waals surface area contributed by atoms with Crippen LogP contribution < -0.4 is 4.74 Å². The van der Waals surface area contributed by atoms with Gasteiger partial charge in [-0.15, -0.1) is 0 Å². The van der Waals surface area contributed by atoms with Crippen LogP contribution in [0.25, 0.3) is 0 Å². The van der Waals surface area contributed by atoms with Gasteiger partial charge in [-0.05, 0) is 26.0 Å². The third-order valence-electron chi connectivity index (χ3n) is 2.78. The number of hydrogen-bond acceptors (Lipinski definition) is 3. The van der Waals surface area contributed by atoms with Gasteiger partial charge in [0.15, 0.2) is 0 Å². The van der Waals surface area contributed by atoms with Gasteiger partial charge >= 0.3 is 0 Å². The van der Waals surface area contributed by atoms with Gasteiger partial charge in [-0.2, -0.15) is 0 Å². The molecule has 0 fully saturated rings. The highest BCUT2D eigenvalue weighted by Gasteiger charge is 2.09. The normalized spacial score (nSPS) is 12.4. The molecule has 0 aliphatic carbocycles. The molecule has 18 heavy (non-hydrogen) atoms. The molecule has 4 nitrogen and oxygen atoms in total. The lowest BCUT2D eigenvalue weighted by Gasteiger charge is -2.14. The maximum Gasteiger partial charge on any atom is 0.125 e. The number of ether oxygens (including phenoxy) is 1. The van der Waals surface area contributed by atoms with Crippen molar-refractivity contribution in [2.75, 3.05) is 6.61 Å². The molecule has 0 bridgehead atoms. The molecule has 1 N–H and O–H groups in total. The summed E-state index contributed by atoms with van der Waals surface area (Å²) in [5.74, 6) is 0.746. The average Bonchev–Trinajstić information content (AvgIpc) is 2.84. The summed E-state index contributed by atoms with van der Waals surface area (Å²) in [7, 11) is 0. The summed E-state index contributed by atoms with van der Waals surface area (Å²) in [6.07, 6.45) is 4.88. The monoisotopic (exact) mass is 246 g/mol. The van der Waals surface area contributed by atoms with Crippen LogP contribution in [-0.2, 0) is 6.54 Å². The average molecular weight is 246 g/mol. The van der Waals surface area contributed by atoms with Gasteiger partial charge in [0.05, 0.1) is 19.0 Å². The van der Waals surface area contributed by atoms with Gasteiger partial charge in [-0.25, -0.2) is 4.98 Å². The Kier molecular flexibility index (Phi) is 3.99. The van der Waals surface area contributed by atoms with Crippen LogP contribution in [-0.4, -0.2) is 21.3 Å². The van der Waals surface area contributed by atoms with Crippen molar-refractivity contribution >= 4 is 0 Å². The number of nitrogens with zero attached hydrogens (tertiary/aromatic N) is 2. The van der Waals surface area contributed by atoms with Crippen molar-refractivity contribution in [3.8, 4) is 5.75 Å². The van der Waals surface area contributed by atoms with Crippen LogP contribution in [0.15, 0.2) is 36.9 Å². The molecular formula is C14H18N2O2. The van der Waals surface area contributed by atoms with Gasteiger partial charge in [0.1, 0.15) is 12.4 Å². The molecule has 1 aromatic heterocycles. The predicted molar refractivity (Wildman–Crippen MR) is 69.5 cm³/mol. The zero-order valence-corrected chi connectivity index (χ0v) is 10.7. The Labute approximate surface area is 107 Å². The van der Waals surface area contributed by atoms with E-state index in [1.807, 2.05) is 35.9 Å². The van der Waals surface area contributed by atoms with E-state index in [1.165, 1.54) is 0 Å². The summed E-state index contributed by atoms with van der Waals surface area (Å²) in [6.45, 7) is 5.05. The summed E-state index contributed by atoms with van der Waals surface area (Å²) in [4.78, 5) is 3.97. The fraction of sp³-hybridized carbons (Fsp3) is 0.357. The molecule has 0 amide bonds. The molecule has 0 radical (unpaired) electrons. The molecule has 1 aromatic carbocycles. The highest BCUT2D eigenvalue weighted by molar-refractivity contribution is 5.38. The molecule has 0 unspecified atom stereocenters. The second-order valence-electron chi connectivity index (χ2n) is 4.37. The van der Waals surface area contributed by atoms with E-state index >= 15 is 0 Å². The fourth-order valence-electron chi connectivity index (χ4n) is 1.81. The summed E-state index contributed by atoms with van der Waals surface area (Å²) in [5.41, 5.74) is 1.95. The van der Waals surface area contributed by atoms with Crippen molar-refractivity contribution in [2.45, 2.75) is 26.5 Å². The van der Waals surface area contributed by atoms with Crippen LogP contribution in [0.1, 0.15) is 24.2 Å². The Bertz CT molecular complexity index is 493. The second-order valence-corrected chi connectivity index (χ2v) is 4.37. The molecule has 2 aromatic rings. The molecule has 4 heteroatoms. The van der Waals surface area contributed by atoms with E-state index < -0.39 is 6.10 Å². The van der Waals surface area contributed by atoms with E-state index in [4.69, 9.17) is 4.74 Å². The zero-order chi connectivity index (χ0) is 13.0. The highest BCUT2D eigenvalue weighted by Crippen LogP contribution is 2.26. The molecule has 0 saturated heterocycles. The lowest BCUT2D eigenvalue weighted by Crippen LogP contribution is -2.08. The van der Waals surface area contributed by atoms with Crippen molar-refractivity contribution in [1.29, 1.82) is 0 Å². The second kappa shape index (κ2) is 5.69. The number of aliphatic hydroxyl groups is 1. The molecule has 1 atom stereocenters. The van der Waals surface area contributed by atoms with E-state index in [9.17, 15) is 5.11 Å². The Morgan fingerprint density at radius 2 is 2.28 bits per heavy atom. The van der Waals surface area contributed by atoms with E-state index in [2.05, 4.69) is 4.98 Å². The highest BCUT2D eigenvalue weighted by atomic mass is 16.5. The minimum Gasteiger partial charge on any atom is -0.491 e. The number of imidazole rings is 1. The third-order valence-corrected chi connectivity index (χ3v) is 2.78. The Morgan fingerprint density at radius 1 is 1.44 bits per heavy atom. The smallest absolute Gasteiger partial charge is 0.125 e. The quantitative estimate of drug-likeness (QED) is 0.880. The van der Waals surface area contributed by atoms with Crippen LogP contribution in [0.5, 0.6) is 5.75 Å². The maximum atomic E-state index is 9.72. The van der Waals surface area contributed by atoms with Crippen LogP contribution in [0.3, 0.4) is 0 Å². The molecule has 0 saturated carbocycles. The third kappa shape index (κ3) is 3.11. The van der Waals surface area contributed by atoms with Gasteiger partial charge in [0, 0.05) is 18.0 Å². The number of aryl methyl sites for hydroxylation is 1. The number of hydrogen-bond donors (Lipinski definition) is 1. The van der Waals surface area contributed by atoms with Crippen molar-refractivity contribution in [2.24, 2.45) is 0 Å². The fourth-order valence-corrected chi connectivity index (χ4v) is 1.81. The summed E-state index contributed by atoms with van der Waals surface area (Å²) in [5, 5.41) is 9.72. The van der Waals surface area contributed by atoms with Crippen molar-refractivity contribution in [3.05, 3.63) is 48.0 Å². The van der Waals surface area contributed by atoms with Crippen LogP contribution in [0, 0.1) is 6.92 Å². The standard InChI is InChI=1S/C14H18N2O2/c1-11-3-4-14(13(9-11)12(2)17)18-8-7-16-6-5-15-10-16/h3-6,9-10,12,17H,7-8H2,1-2H3/t12-/m0/s1. The summed E-state index contributed by atoms with van der Waals surface area (Å²) >= 11 is 0. The Balaban J connectivity index is 2.00. The molecule has 0 aliphatic rings. The Hall–Kier alpha value is -1.81. The first-order valence-corrected chi connectivity index (χ1v) is 6.04. The largest absolute Gasteiger partial charge is 0.491 e. The van der Waals surface area contributed by atoms with Gasteiger partial charge in [-0.3, -0.25) is 0 Å². The molecule has 0 aliphatic heterocycles. The summed E-state index contributed by atoms with van der Waals surface area (Å²) < 4.78 is 7.67. The minimum absolute atomic E-state index is 0.520. The maximum absolute atomic E-state index is 9.72. The lowest BCUT2D eigenvalue weighted by atomic mass is 10.1. The van der Waals surface area contributed by atoms with E-state index in [0.717, 1.165) is 23.4 Å². The van der Waals surface area contributed by atoms with Crippen molar-refractivity contribution in [1.82, 2.24) is 9.55 Å². The van der Waals surface area contributed by atoms with Gasteiger partial charge < -0.3 is 14.4 Å². The first-order chi connectivity index (χ1) is 8.66. The van der Waals surface area contributed by atoms with E-state index in [0.29, 0.717) is 6.61 Å². The first-order valence-electron chi connectivity index (χ1n) is 6.04. The van der Waals surface area contributed by atoms with Crippen LogP contribution in [0.2, 0.25) is 0 Å². The topological polar surface area (TPSA) is 47.3 Å². The lowest BCUT2D eigenvalue weighted by molar-refractivity contribution is 0.190. The minimum atomic E-state index is -0.520. The van der Waals surface area contributed by atoms with Gasteiger partial charge in [0.25, 0.3) is 0 Å². The first kappa shape index (κ1) is 12.6. The molecular weight excluding hydrogens is 228 g/mol. The SMILES string of the molecule is Cc1ccc(OCCn2ccnc2)c([C@H](C)O)c1. The van der Waals surface area contributed by atoms with Gasteiger partial charge in [0.2, 0.25) is 0 Å². The number of rotatable bonds is 5. The number of benzene rings is 1. The Morgan fingerprint density at radius 3 is 2.94 bits per heavy atom. The van der Waals surface area contributed by atoms with E-state index in [-0.39, 0.29) is 0 Å². The molecule has 0 spiro atoms. The number of aliphatic hydroxyl groups excluding tert-OH is 1. The van der Waals surface area contributed by atoms with Crippen molar-refractivity contribution < 1.29 is 9.84 Å². The zero-order valence-electron chi connectivity index (χ0n) is 10.7.